The third kappa shape index (κ3) is 4.99. The fraction of sp³-hybridized carbons (Fsp3) is 0.333. The van der Waals surface area contributed by atoms with Gasteiger partial charge in [0.05, 0.1) is 19.3 Å². The summed E-state index contributed by atoms with van der Waals surface area (Å²) >= 11 is 0. The van der Waals surface area contributed by atoms with Gasteiger partial charge in [0, 0.05) is 23.9 Å². The fourth-order valence-electron chi connectivity index (χ4n) is 3.50. The van der Waals surface area contributed by atoms with Gasteiger partial charge in [0.1, 0.15) is 11.3 Å². The molecule has 0 spiro atoms. The van der Waals surface area contributed by atoms with Crippen LogP contribution in [0.15, 0.2) is 57.7 Å². The molecule has 0 fully saturated rings. The number of hydrogen-bond donors (Lipinski definition) is 1. The van der Waals surface area contributed by atoms with E-state index in [0.717, 1.165) is 23.1 Å². The molecule has 31 heavy (non-hydrogen) atoms. The van der Waals surface area contributed by atoms with Crippen molar-refractivity contribution in [3.05, 3.63) is 64.5 Å². The second-order valence-electron chi connectivity index (χ2n) is 7.79. The van der Waals surface area contributed by atoms with E-state index < -0.39 is 5.63 Å². The Hall–Kier alpha value is -3.48. The smallest absolute Gasteiger partial charge is 0.336 e. The minimum Gasteiger partial charge on any atom is -0.490 e. The van der Waals surface area contributed by atoms with E-state index in [9.17, 15) is 9.59 Å². The molecule has 0 bridgehead atoms. The van der Waals surface area contributed by atoms with Crippen molar-refractivity contribution in [3.8, 4) is 17.2 Å². The monoisotopic (exact) mass is 423 g/mol. The highest BCUT2D eigenvalue weighted by molar-refractivity contribution is 5.79. The fourth-order valence-corrected chi connectivity index (χ4v) is 3.50. The molecule has 0 saturated carbocycles. The Balaban J connectivity index is 1.43. The zero-order valence-electron chi connectivity index (χ0n) is 17.6. The summed E-state index contributed by atoms with van der Waals surface area (Å²) in [5.74, 6) is 1.78. The number of rotatable bonds is 6. The van der Waals surface area contributed by atoms with Gasteiger partial charge in [-0.2, -0.15) is 0 Å². The Morgan fingerprint density at radius 3 is 2.61 bits per heavy atom. The maximum Gasteiger partial charge on any atom is 0.336 e. The standard InChI is InChI=1S/C24H25NO6/c1-15(2)24(17-5-8-19-21(12-17)29-11-3-10-28-19)25-22(26)14-30-18-7-4-16-6-9-23(27)31-20(16)13-18/h4-9,12-13,15,24H,3,10-11,14H2,1-2H3,(H,25,26)/t24-/m1/s1. The van der Waals surface area contributed by atoms with Crippen LogP contribution in [0.1, 0.15) is 31.9 Å². The van der Waals surface area contributed by atoms with E-state index in [-0.39, 0.29) is 24.5 Å². The maximum atomic E-state index is 12.6. The molecule has 3 aromatic rings. The molecule has 1 aromatic heterocycles. The van der Waals surface area contributed by atoms with Crippen LogP contribution in [0.25, 0.3) is 11.0 Å². The van der Waals surface area contributed by atoms with Crippen molar-refractivity contribution in [2.24, 2.45) is 5.92 Å². The molecule has 1 aliphatic rings. The van der Waals surface area contributed by atoms with Crippen LogP contribution < -0.4 is 25.2 Å². The predicted molar refractivity (Wildman–Crippen MR) is 116 cm³/mol. The van der Waals surface area contributed by atoms with Crippen LogP contribution in [0, 0.1) is 5.92 Å². The lowest BCUT2D eigenvalue weighted by Gasteiger charge is -2.24. The quantitative estimate of drug-likeness (QED) is 0.606. The highest BCUT2D eigenvalue weighted by Crippen LogP contribution is 2.34. The predicted octanol–water partition coefficient (Wildman–Crippen LogP) is 3.85. The van der Waals surface area contributed by atoms with Crippen LogP contribution in [-0.2, 0) is 4.79 Å². The van der Waals surface area contributed by atoms with E-state index in [1.165, 1.54) is 6.07 Å². The number of ether oxygens (including phenoxy) is 3. The molecule has 7 heteroatoms. The van der Waals surface area contributed by atoms with Crippen molar-refractivity contribution in [2.45, 2.75) is 26.3 Å². The van der Waals surface area contributed by atoms with Crippen molar-refractivity contribution in [3.63, 3.8) is 0 Å². The second-order valence-corrected chi connectivity index (χ2v) is 7.79. The van der Waals surface area contributed by atoms with Crippen molar-refractivity contribution < 1.29 is 23.4 Å². The SMILES string of the molecule is CC(C)[C@@H](NC(=O)COc1ccc2ccc(=O)oc2c1)c1ccc2c(c1)OCCCO2. The number of carbonyl (C=O) groups is 1. The molecule has 1 atom stereocenters. The maximum absolute atomic E-state index is 12.6. The molecule has 1 aliphatic heterocycles. The molecule has 162 valence electrons. The molecule has 0 saturated heterocycles. The number of nitrogens with one attached hydrogen (secondary N) is 1. The molecule has 1 amide bonds. The van der Waals surface area contributed by atoms with Gasteiger partial charge >= 0.3 is 5.63 Å². The summed E-state index contributed by atoms with van der Waals surface area (Å²) in [4.78, 5) is 24.0. The Morgan fingerprint density at radius 1 is 1.03 bits per heavy atom. The first-order valence-corrected chi connectivity index (χ1v) is 10.4. The van der Waals surface area contributed by atoms with E-state index in [1.807, 2.05) is 32.0 Å². The van der Waals surface area contributed by atoms with Crippen LogP contribution in [0.4, 0.5) is 0 Å². The van der Waals surface area contributed by atoms with Crippen LogP contribution in [0.2, 0.25) is 0 Å². The Labute approximate surface area is 179 Å². The topological polar surface area (TPSA) is 87.0 Å². The Kier molecular flexibility index (Phi) is 6.11. The van der Waals surface area contributed by atoms with Gasteiger partial charge in [0.2, 0.25) is 0 Å². The van der Waals surface area contributed by atoms with Crippen molar-refractivity contribution in [1.29, 1.82) is 0 Å². The van der Waals surface area contributed by atoms with Gasteiger partial charge in [-0.05, 0) is 41.8 Å². The van der Waals surface area contributed by atoms with E-state index in [1.54, 1.807) is 24.3 Å². The minimum absolute atomic E-state index is 0.156. The normalized spacial score (nSPS) is 14.2. The van der Waals surface area contributed by atoms with Crippen LogP contribution in [0.3, 0.4) is 0 Å². The molecule has 4 rings (SSSR count). The first-order valence-electron chi connectivity index (χ1n) is 10.4. The molecule has 2 aromatic carbocycles. The number of amides is 1. The molecular weight excluding hydrogens is 398 g/mol. The van der Waals surface area contributed by atoms with E-state index in [4.69, 9.17) is 18.6 Å². The van der Waals surface area contributed by atoms with Gasteiger partial charge in [-0.15, -0.1) is 0 Å². The summed E-state index contributed by atoms with van der Waals surface area (Å²) in [7, 11) is 0. The number of hydrogen-bond acceptors (Lipinski definition) is 6. The van der Waals surface area contributed by atoms with Gasteiger partial charge in [-0.1, -0.05) is 19.9 Å². The summed E-state index contributed by atoms with van der Waals surface area (Å²) in [5, 5.41) is 3.82. The Bertz CT molecular complexity index is 1140. The van der Waals surface area contributed by atoms with Gasteiger partial charge in [-0.3, -0.25) is 4.79 Å². The molecule has 0 radical (unpaired) electrons. The van der Waals surface area contributed by atoms with Gasteiger partial charge in [0.25, 0.3) is 5.91 Å². The van der Waals surface area contributed by atoms with E-state index in [0.29, 0.717) is 30.3 Å². The highest BCUT2D eigenvalue weighted by Gasteiger charge is 2.21. The molecule has 0 unspecified atom stereocenters. The highest BCUT2D eigenvalue weighted by atomic mass is 16.5. The van der Waals surface area contributed by atoms with Crippen LogP contribution in [-0.4, -0.2) is 25.7 Å². The summed E-state index contributed by atoms with van der Waals surface area (Å²) < 4.78 is 22.2. The second kappa shape index (κ2) is 9.12. The summed E-state index contributed by atoms with van der Waals surface area (Å²) in [6, 6.07) is 13.7. The number of fused-ring (bicyclic) bond motifs is 2. The molecule has 7 nitrogen and oxygen atoms in total. The molecule has 1 N–H and O–H groups in total. The van der Waals surface area contributed by atoms with Crippen molar-refractivity contribution in [1.82, 2.24) is 5.32 Å². The van der Waals surface area contributed by atoms with Crippen molar-refractivity contribution >= 4 is 16.9 Å². The lowest BCUT2D eigenvalue weighted by atomic mass is 9.95. The average molecular weight is 423 g/mol. The largest absolute Gasteiger partial charge is 0.490 e. The summed E-state index contributed by atoms with van der Waals surface area (Å²) in [6.07, 6.45) is 0.837. The van der Waals surface area contributed by atoms with Gasteiger partial charge < -0.3 is 23.9 Å². The van der Waals surface area contributed by atoms with E-state index in [2.05, 4.69) is 5.32 Å². The zero-order chi connectivity index (χ0) is 21.8. The summed E-state index contributed by atoms with van der Waals surface area (Å²) in [5.41, 5.74) is 0.926. The van der Waals surface area contributed by atoms with Gasteiger partial charge in [0.15, 0.2) is 18.1 Å². The third-order valence-electron chi connectivity index (χ3n) is 5.08. The number of carbonyl (C=O) groups excluding carboxylic acids is 1. The number of benzene rings is 2. The molecular formula is C24H25NO6. The lowest BCUT2D eigenvalue weighted by molar-refractivity contribution is -0.124. The first-order chi connectivity index (χ1) is 15.0. The molecule has 2 heterocycles. The van der Waals surface area contributed by atoms with Gasteiger partial charge in [-0.25, -0.2) is 4.79 Å². The molecule has 0 aliphatic carbocycles. The first kappa shape index (κ1) is 20.8. The van der Waals surface area contributed by atoms with Crippen LogP contribution >= 0.6 is 0 Å². The third-order valence-corrected chi connectivity index (χ3v) is 5.08. The minimum atomic E-state index is -0.433. The average Bonchev–Trinajstić information content (AvgIpc) is 3.00. The van der Waals surface area contributed by atoms with Crippen LogP contribution in [0.5, 0.6) is 17.2 Å². The summed E-state index contributed by atoms with van der Waals surface area (Å²) in [6.45, 7) is 5.16. The zero-order valence-corrected chi connectivity index (χ0v) is 17.6. The van der Waals surface area contributed by atoms with Crippen molar-refractivity contribution in [2.75, 3.05) is 19.8 Å². The Morgan fingerprint density at radius 2 is 1.81 bits per heavy atom. The lowest BCUT2D eigenvalue weighted by Crippen LogP contribution is -2.35. The van der Waals surface area contributed by atoms with E-state index >= 15 is 0 Å².